The van der Waals surface area contributed by atoms with Crippen molar-refractivity contribution < 1.29 is 22.3 Å². The second-order valence-electron chi connectivity index (χ2n) is 6.68. The van der Waals surface area contributed by atoms with Gasteiger partial charge in [-0.05, 0) is 61.4 Å². The summed E-state index contributed by atoms with van der Waals surface area (Å²) in [6.45, 7) is 3.46. The van der Waals surface area contributed by atoms with Crippen LogP contribution in [0.1, 0.15) is 21.5 Å². The first kappa shape index (κ1) is 21.8. The van der Waals surface area contributed by atoms with Gasteiger partial charge in [0, 0.05) is 11.6 Å². The lowest BCUT2D eigenvalue weighted by Crippen LogP contribution is -2.29. The van der Waals surface area contributed by atoms with E-state index in [2.05, 4.69) is 10.9 Å². The van der Waals surface area contributed by atoms with Gasteiger partial charge < -0.3 is 4.18 Å². The average Bonchev–Trinajstić information content (AvgIpc) is 2.74. The van der Waals surface area contributed by atoms with Crippen LogP contribution < -0.4 is 15.0 Å². The number of amides is 1. The van der Waals surface area contributed by atoms with E-state index in [4.69, 9.17) is 4.18 Å². The van der Waals surface area contributed by atoms with E-state index >= 15 is 0 Å². The summed E-state index contributed by atoms with van der Waals surface area (Å²) in [7, 11) is -4.04. The standard InChI is InChI=1S/C21H19N3O6S/c1-14-7-8-15(2)20(13-14)31(28,29)30-17-11-9-16(10-12-17)21(25)23-22-18-5-3-4-6-19(18)24(26)27/h3-13,22H,1-2H3,(H,23,25). The Labute approximate surface area is 178 Å². The molecule has 3 rings (SSSR count). The lowest BCUT2D eigenvalue weighted by atomic mass is 10.2. The van der Waals surface area contributed by atoms with Crippen LogP contribution in [0.3, 0.4) is 0 Å². The molecule has 0 spiro atoms. The van der Waals surface area contributed by atoms with E-state index < -0.39 is 20.9 Å². The van der Waals surface area contributed by atoms with Crippen LogP contribution in [0.15, 0.2) is 71.6 Å². The Morgan fingerprint density at radius 1 is 1.00 bits per heavy atom. The molecule has 160 valence electrons. The number of para-hydroxylation sites is 2. The van der Waals surface area contributed by atoms with Gasteiger partial charge in [-0.1, -0.05) is 24.3 Å². The summed E-state index contributed by atoms with van der Waals surface area (Å²) < 4.78 is 30.3. The van der Waals surface area contributed by atoms with Crippen LogP contribution in [-0.4, -0.2) is 19.2 Å². The second kappa shape index (κ2) is 8.84. The number of hydrogen-bond acceptors (Lipinski definition) is 7. The normalized spacial score (nSPS) is 10.9. The van der Waals surface area contributed by atoms with Gasteiger partial charge in [0.1, 0.15) is 16.3 Å². The molecule has 0 bridgehead atoms. The zero-order valence-electron chi connectivity index (χ0n) is 16.7. The molecule has 3 aromatic rings. The van der Waals surface area contributed by atoms with Crippen LogP contribution in [0.4, 0.5) is 11.4 Å². The number of nitro groups is 1. The molecule has 2 N–H and O–H groups in total. The van der Waals surface area contributed by atoms with Gasteiger partial charge in [-0.15, -0.1) is 0 Å². The molecule has 31 heavy (non-hydrogen) atoms. The molecule has 10 heteroatoms. The first-order chi connectivity index (χ1) is 14.7. The Bertz CT molecular complexity index is 1240. The number of nitrogens with zero attached hydrogens (tertiary/aromatic N) is 1. The minimum Gasteiger partial charge on any atom is -0.379 e. The van der Waals surface area contributed by atoms with E-state index in [0.29, 0.717) is 5.56 Å². The highest BCUT2D eigenvalue weighted by Gasteiger charge is 2.20. The highest BCUT2D eigenvalue weighted by molar-refractivity contribution is 7.87. The van der Waals surface area contributed by atoms with E-state index in [1.165, 1.54) is 48.5 Å². The molecule has 0 aliphatic rings. The Balaban J connectivity index is 1.69. The Kier molecular flexibility index (Phi) is 6.21. The first-order valence-electron chi connectivity index (χ1n) is 9.09. The van der Waals surface area contributed by atoms with Crippen LogP contribution in [0.25, 0.3) is 0 Å². The Morgan fingerprint density at radius 2 is 1.68 bits per heavy atom. The fraction of sp³-hybridized carbons (Fsp3) is 0.0952. The third-order valence-electron chi connectivity index (χ3n) is 4.35. The summed E-state index contributed by atoms with van der Waals surface area (Å²) >= 11 is 0. The number of nitro benzene ring substituents is 1. The van der Waals surface area contributed by atoms with Gasteiger partial charge in [0.05, 0.1) is 4.92 Å². The number of nitrogens with one attached hydrogen (secondary N) is 2. The average molecular weight is 441 g/mol. The molecule has 0 aromatic heterocycles. The predicted octanol–water partition coefficient (Wildman–Crippen LogP) is 3.74. The van der Waals surface area contributed by atoms with Crippen molar-refractivity contribution in [2.24, 2.45) is 0 Å². The fourth-order valence-corrected chi connectivity index (χ4v) is 3.99. The van der Waals surface area contributed by atoms with Crippen LogP contribution in [0.5, 0.6) is 5.75 Å². The smallest absolute Gasteiger partial charge is 0.339 e. The van der Waals surface area contributed by atoms with E-state index in [1.807, 2.05) is 0 Å². The van der Waals surface area contributed by atoms with Crippen molar-refractivity contribution in [1.82, 2.24) is 5.43 Å². The zero-order chi connectivity index (χ0) is 22.6. The van der Waals surface area contributed by atoms with E-state index in [1.54, 1.807) is 32.0 Å². The summed E-state index contributed by atoms with van der Waals surface area (Å²) in [5, 5.41) is 11.0. The Morgan fingerprint density at radius 3 is 2.35 bits per heavy atom. The maximum atomic E-state index is 12.6. The molecule has 0 unspecified atom stereocenters. The minimum atomic E-state index is -4.04. The molecule has 0 heterocycles. The molecule has 0 saturated heterocycles. The number of hydrazine groups is 1. The van der Waals surface area contributed by atoms with Crippen LogP contribution in [-0.2, 0) is 10.1 Å². The predicted molar refractivity (Wildman–Crippen MR) is 114 cm³/mol. The SMILES string of the molecule is Cc1ccc(C)c(S(=O)(=O)Oc2ccc(C(=O)NNc3ccccc3[N+](=O)[O-])cc2)c1. The molecule has 3 aromatic carbocycles. The van der Waals surface area contributed by atoms with Crippen LogP contribution in [0, 0.1) is 24.0 Å². The third-order valence-corrected chi connectivity index (χ3v) is 5.74. The van der Waals surface area contributed by atoms with Crippen molar-refractivity contribution in [3.63, 3.8) is 0 Å². The van der Waals surface area contributed by atoms with E-state index in [0.717, 1.165) is 5.56 Å². The summed E-state index contributed by atoms with van der Waals surface area (Å²) in [5.74, 6) is -0.522. The molecule has 9 nitrogen and oxygen atoms in total. The number of carbonyl (C=O) groups is 1. The highest BCUT2D eigenvalue weighted by Crippen LogP contribution is 2.24. The first-order valence-corrected chi connectivity index (χ1v) is 10.5. The van der Waals surface area contributed by atoms with Gasteiger partial charge in [0.25, 0.3) is 11.6 Å². The molecule has 0 fully saturated rings. The zero-order valence-corrected chi connectivity index (χ0v) is 17.5. The summed E-state index contributed by atoms with van der Waals surface area (Å²) in [6, 6.07) is 16.3. The van der Waals surface area contributed by atoms with Crippen molar-refractivity contribution in [2.75, 3.05) is 5.43 Å². The number of rotatable bonds is 7. The Hall–Kier alpha value is -3.92. The highest BCUT2D eigenvalue weighted by atomic mass is 32.2. The minimum absolute atomic E-state index is 0.0455. The molecule has 0 atom stereocenters. The quantitative estimate of drug-likeness (QED) is 0.325. The molecular weight excluding hydrogens is 422 g/mol. The molecule has 0 aliphatic heterocycles. The van der Waals surface area contributed by atoms with Crippen LogP contribution in [0.2, 0.25) is 0 Å². The van der Waals surface area contributed by atoms with Crippen molar-refractivity contribution in [1.29, 1.82) is 0 Å². The lowest BCUT2D eigenvalue weighted by molar-refractivity contribution is -0.384. The van der Waals surface area contributed by atoms with Gasteiger partial charge in [-0.3, -0.25) is 25.8 Å². The third kappa shape index (κ3) is 5.17. The largest absolute Gasteiger partial charge is 0.379 e. The van der Waals surface area contributed by atoms with Crippen molar-refractivity contribution in [3.05, 3.63) is 93.5 Å². The molecule has 0 aliphatic carbocycles. The topological polar surface area (TPSA) is 128 Å². The monoisotopic (exact) mass is 441 g/mol. The number of carbonyl (C=O) groups excluding carboxylic acids is 1. The molecule has 0 radical (unpaired) electrons. The van der Waals surface area contributed by atoms with E-state index in [9.17, 15) is 23.3 Å². The van der Waals surface area contributed by atoms with Gasteiger partial charge >= 0.3 is 10.1 Å². The molecular formula is C21H19N3O6S. The van der Waals surface area contributed by atoms with Gasteiger partial charge in [0.2, 0.25) is 0 Å². The van der Waals surface area contributed by atoms with Crippen molar-refractivity contribution >= 4 is 27.4 Å². The second-order valence-corrected chi connectivity index (χ2v) is 8.20. The fourth-order valence-electron chi connectivity index (χ4n) is 2.74. The maximum absolute atomic E-state index is 12.6. The summed E-state index contributed by atoms with van der Waals surface area (Å²) in [6.07, 6.45) is 0. The molecule has 0 saturated carbocycles. The van der Waals surface area contributed by atoms with Crippen molar-refractivity contribution in [3.8, 4) is 5.75 Å². The number of anilines is 1. The molecule has 1 amide bonds. The summed E-state index contributed by atoms with van der Waals surface area (Å²) in [4.78, 5) is 22.8. The maximum Gasteiger partial charge on any atom is 0.339 e. The van der Waals surface area contributed by atoms with E-state index in [-0.39, 0.29) is 27.6 Å². The van der Waals surface area contributed by atoms with Crippen molar-refractivity contribution in [2.45, 2.75) is 18.7 Å². The van der Waals surface area contributed by atoms with Crippen LogP contribution >= 0.6 is 0 Å². The lowest BCUT2D eigenvalue weighted by Gasteiger charge is -2.11. The number of benzene rings is 3. The number of hydrogen-bond donors (Lipinski definition) is 2. The summed E-state index contributed by atoms with van der Waals surface area (Å²) in [5.41, 5.74) is 6.35. The van der Waals surface area contributed by atoms with Gasteiger partial charge in [-0.2, -0.15) is 8.42 Å². The number of aryl methyl sites for hydroxylation is 2. The van der Waals surface area contributed by atoms with Gasteiger partial charge in [0.15, 0.2) is 0 Å². The van der Waals surface area contributed by atoms with Gasteiger partial charge in [-0.25, -0.2) is 0 Å².